The van der Waals surface area contributed by atoms with Gasteiger partial charge < -0.3 is 10.6 Å². The number of para-hydroxylation sites is 1. The van der Waals surface area contributed by atoms with E-state index >= 15 is 0 Å². The van der Waals surface area contributed by atoms with Crippen LogP contribution in [0, 0.1) is 19.8 Å². The van der Waals surface area contributed by atoms with Crippen LogP contribution in [0.1, 0.15) is 44.8 Å². The Kier molecular flexibility index (Phi) is 4.14. The minimum atomic E-state index is -1.25. The van der Waals surface area contributed by atoms with Crippen molar-refractivity contribution in [1.29, 1.82) is 0 Å². The van der Waals surface area contributed by atoms with Gasteiger partial charge in [-0.2, -0.15) is 0 Å². The highest BCUT2D eigenvalue weighted by Gasteiger charge is 2.78. The van der Waals surface area contributed by atoms with Gasteiger partial charge in [-0.3, -0.25) is 19.3 Å². The number of aryl methyl sites for hydroxylation is 1. The van der Waals surface area contributed by atoms with E-state index in [0.29, 0.717) is 11.4 Å². The molecule has 2 fully saturated rings. The molecule has 7 rings (SSSR count). The zero-order chi connectivity index (χ0) is 24.1. The molecule has 0 saturated carbocycles. The van der Waals surface area contributed by atoms with E-state index in [0.717, 1.165) is 46.5 Å². The first kappa shape index (κ1) is 21.0. The van der Waals surface area contributed by atoms with Gasteiger partial charge in [-0.25, -0.2) is 0 Å². The number of rotatable bonds is 2. The summed E-state index contributed by atoms with van der Waals surface area (Å²) in [6, 6.07) is 15.1. The molecular formula is C28H25N3O3S. The number of nitrogens with one attached hydrogen (secondary N) is 2. The standard InChI is InChI=1S/C28H25N3O3S/c1-15-11-12-18-22(16(15)2)30-26(34)28(18)24(23(32)20-9-6-14-35-20)27(21-10-5-13-31(21)28)17-7-3-4-8-19(17)29-25(27)33/h3-4,6-9,11-12,14,21,24H,5,10,13H2,1-2H3,(H,29,33)(H,30,34). The maximum atomic E-state index is 14.5. The number of hydrogen-bond acceptors (Lipinski definition) is 5. The van der Waals surface area contributed by atoms with Crippen molar-refractivity contribution in [2.75, 3.05) is 17.2 Å². The van der Waals surface area contributed by atoms with Gasteiger partial charge in [-0.05, 0) is 67.4 Å². The molecule has 35 heavy (non-hydrogen) atoms. The number of carbonyl (C=O) groups is 3. The Morgan fingerprint density at radius 1 is 1.00 bits per heavy atom. The number of Topliss-reactive ketones (excluding diaryl/α,β-unsaturated/α-hetero) is 1. The van der Waals surface area contributed by atoms with E-state index in [1.165, 1.54) is 11.3 Å². The second kappa shape index (κ2) is 6.89. The highest BCUT2D eigenvalue weighted by Crippen LogP contribution is 2.66. The fourth-order valence-corrected chi connectivity index (χ4v) is 8.12. The third-order valence-electron chi connectivity index (χ3n) is 8.86. The molecule has 4 aliphatic rings. The summed E-state index contributed by atoms with van der Waals surface area (Å²) in [6.07, 6.45) is 1.63. The number of hydrogen-bond donors (Lipinski definition) is 2. The Balaban J connectivity index is 1.60. The number of carbonyl (C=O) groups excluding carboxylic acids is 3. The number of amides is 2. The quantitative estimate of drug-likeness (QED) is 0.531. The van der Waals surface area contributed by atoms with Crippen LogP contribution >= 0.6 is 11.3 Å². The van der Waals surface area contributed by atoms with Crippen molar-refractivity contribution < 1.29 is 14.4 Å². The Morgan fingerprint density at radius 2 is 1.83 bits per heavy atom. The first-order valence-corrected chi connectivity index (χ1v) is 13.0. The number of fused-ring (bicyclic) bond motifs is 7. The van der Waals surface area contributed by atoms with Gasteiger partial charge in [0.15, 0.2) is 5.78 Å². The first-order valence-electron chi connectivity index (χ1n) is 12.1. The van der Waals surface area contributed by atoms with E-state index in [2.05, 4.69) is 15.5 Å². The molecule has 1 aromatic heterocycles. The lowest BCUT2D eigenvalue weighted by atomic mass is 9.60. The predicted molar refractivity (Wildman–Crippen MR) is 135 cm³/mol. The molecule has 2 N–H and O–H groups in total. The molecule has 2 saturated heterocycles. The topological polar surface area (TPSA) is 78.5 Å². The van der Waals surface area contributed by atoms with Gasteiger partial charge in [0.1, 0.15) is 11.0 Å². The number of thiophene rings is 1. The molecule has 0 bridgehead atoms. The molecule has 2 spiro atoms. The molecule has 4 unspecified atom stereocenters. The average molecular weight is 484 g/mol. The van der Waals surface area contributed by atoms with Crippen LogP contribution in [0.4, 0.5) is 11.4 Å². The summed E-state index contributed by atoms with van der Waals surface area (Å²) in [4.78, 5) is 45.7. The van der Waals surface area contributed by atoms with Crippen molar-refractivity contribution in [1.82, 2.24) is 4.90 Å². The molecule has 6 nitrogen and oxygen atoms in total. The van der Waals surface area contributed by atoms with E-state index < -0.39 is 16.9 Å². The van der Waals surface area contributed by atoms with Crippen LogP contribution in [0.5, 0.6) is 0 Å². The number of anilines is 2. The van der Waals surface area contributed by atoms with E-state index in [9.17, 15) is 14.4 Å². The molecule has 4 atom stereocenters. The zero-order valence-electron chi connectivity index (χ0n) is 19.6. The monoisotopic (exact) mass is 483 g/mol. The fraction of sp³-hybridized carbons (Fsp3) is 0.321. The third-order valence-corrected chi connectivity index (χ3v) is 9.74. The van der Waals surface area contributed by atoms with Crippen LogP contribution in [0.15, 0.2) is 53.9 Å². The van der Waals surface area contributed by atoms with Crippen LogP contribution in [-0.4, -0.2) is 35.1 Å². The second-order valence-corrected chi connectivity index (χ2v) is 11.1. The lowest BCUT2D eigenvalue weighted by molar-refractivity contribution is -0.128. The van der Waals surface area contributed by atoms with Crippen molar-refractivity contribution in [3.05, 3.63) is 81.0 Å². The van der Waals surface area contributed by atoms with Gasteiger partial charge in [0.2, 0.25) is 11.8 Å². The van der Waals surface area contributed by atoms with Crippen molar-refractivity contribution >= 4 is 40.3 Å². The predicted octanol–water partition coefficient (Wildman–Crippen LogP) is 4.38. The smallest absolute Gasteiger partial charge is 0.250 e. The highest BCUT2D eigenvalue weighted by atomic mass is 32.1. The zero-order valence-corrected chi connectivity index (χ0v) is 20.4. The summed E-state index contributed by atoms with van der Waals surface area (Å²) in [7, 11) is 0. The Morgan fingerprint density at radius 3 is 2.63 bits per heavy atom. The maximum Gasteiger partial charge on any atom is 0.250 e. The second-order valence-electron chi connectivity index (χ2n) is 10.1. The molecule has 0 radical (unpaired) electrons. The summed E-state index contributed by atoms with van der Waals surface area (Å²) in [5, 5.41) is 8.14. The van der Waals surface area contributed by atoms with Gasteiger partial charge in [0, 0.05) is 23.0 Å². The van der Waals surface area contributed by atoms with E-state index in [1.54, 1.807) is 0 Å². The lowest BCUT2D eigenvalue weighted by Crippen LogP contribution is -2.55. The molecule has 4 aliphatic heterocycles. The minimum absolute atomic E-state index is 0.137. The van der Waals surface area contributed by atoms with Crippen LogP contribution < -0.4 is 10.6 Å². The van der Waals surface area contributed by atoms with Crippen LogP contribution in [-0.2, 0) is 20.5 Å². The minimum Gasteiger partial charge on any atom is -0.325 e. The molecule has 2 amide bonds. The normalized spacial score (nSPS) is 30.5. The van der Waals surface area contributed by atoms with Gasteiger partial charge in [0.05, 0.1) is 10.8 Å². The van der Waals surface area contributed by atoms with Crippen molar-refractivity contribution in [2.45, 2.75) is 43.7 Å². The highest BCUT2D eigenvalue weighted by molar-refractivity contribution is 7.12. The Hall–Kier alpha value is -3.29. The van der Waals surface area contributed by atoms with Crippen LogP contribution in [0.25, 0.3) is 0 Å². The van der Waals surface area contributed by atoms with Gasteiger partial charge in [-0.15, -0.1) is 11.3 Å². The molecule has 0 aliphatic carbocycles. The largest absolute Gasteiger partial charge is 0.325 e. The van der Waals surface area contributed by atoms with E-state index in [4.69, 9.17) is 0 Å². The molecule has 176 valence electrons. The molecule has 5 heterocycles. The van der Waals surface area contributed by atoms with E-state index in [-0.39, 0.29) is 23.6 Å². The molecular weight excluding hydrogens is 458 g/mol. The molecule has 3 aromatic rings. The van der Waals surface area contributed by atoms with Gasteiger partial charge in [0.25, 0.3) is 0 Å². The fourth-order valence-electron chi connectivity index (χ4n) is 7.42. The summed E-state index contributed by atoms with van der Waals surface area (Å²) < 4.78 is 0. The molecule has 2 aromatic carbocycles. The number of benzene rings is 2. The Labute approximate surface area is 207 Å². The Bertz CT molecular complexity index is 1450. The SMILES string of the molecule is Cc1ccc2c(c1C)NC(=O)C21C(C(=O)c2cccs2)C2(C(=O)Nc3ccccc32)C2CCCN21. The van der Waals surface area contributed by atoms with Gasteiger partial charge in [-0.1, -0.05) is 36.4 Å². The van der Waals surface area contributed by atoms with Gasteiger partial charge >= 0.3 is 0 Å². The van der Waals surface area contributed by atoms with Crippen LogP contribution in [0.3, 0.4) is 0 Å². The summed E-state index contributed by atoms with van der Waals surface area (Å²) >= 11 is 1.37. The average Bonchev–Trinajstić information content (AvgIpc) is 3.65. The summed E-state index contributed by atoms with van der Waals surface area (Å²) in [5.41, 5.74) is 2.87. The summed E-state index contributed by atoms with van der Waals surface area (Å²) in [5.74, 6) is -1.39. The third kappa shape index (κ3) is 2.27. The van der Waals surface area contributed by atoms with Crippen molar-refractivity contribution in [2.24, 2.45) is 5.92 Å². The van der Waals surface area contributed by atoms with E-state index in [1.807, 2.05) is 67.8 Å². The van der Waals surface area contributed by atoms with Crippen molar-refractivity contribution in [3.63, 3.8) is 0 Å². The number of ketones is 1. The lowest BCUT2D eigenvalue weighted by Gasteiger charge is -2.38. The molecule has 7 heteroatoms. The maximum absolute atomic E-state index is 14.5. The summed E-state index contributed by atoms with van der Waals surface area (Å²) in [6.45, 7) is 4.69. The first-order chi connectivity index (χ1) is 16.9. The van der Waals surface area contributed by atoms with Crippen LogP contribution in [0.2, 0.25) is 0 Å². The number of nitrogens with zero attached hydrogens (tertiary/aromatic N) is 1. The van der Waals surface area contributed by atoms with Crippen molar-refractivity contribution in [3.8, 4) is 0 Å².